The monoisotopic (exact) mass is 724 g/mol. The SMILES string of the molecule is CCCCCCCCC(CCCCCC)COC(=O)CCCCCN(CCO)CCCCCC(=O)OCC(CCCCCC)CCCCCCC. The molecule has 6 nitrogen and oxygen atoms in total. The number of hydrogen-bond donors (Lipinski definition) is 1. The highest BCUT2D eigenvalue weighted by Gasteiger charge is 2.14. The summed E-state index contributed by atoms with van der Waals surface area (Å²) in [5.41, 5.74) is 0. The lowest BCUT2D eigenvalue weighted by Gasteiger charge is -2.21. The van der Waals surface area contributed by atoms with Gasteiger partial charge in [-0.05, 0) is 76.3 Å². The van der Waals surface area contributed by atoms with Gasteiger partial charge in [0.2, 0.25) is 0 Å². The van der Waals surface area contributed by atoms with Crippen molar-refractivity contribution in [3.05, 3.63) is 0 Å². The standard InChI is InChI=1S/C45H89NO5/c1-5-9-13-17-19-25-33-43(31-23-16-12-8-4)41-51-45(49)35-27-21-29-37-46(38-39-47)36-28-20-26-34-44(48)50-40-42(30-22-15-11-7-3)32-24-18-14-10-6-2/h42-43,47H,5-41H2,1-4H3. The molecule has 0 aliphatic carbocycles. The van der Waals surface area contributed by atoms with Gasteiger partial charge in [-0.1, -0.05) is 163 Å². The minimum Gasteiger partial charge on any atom is -0.465 e. The molecule has 0 rings (SSSR count). The smallest absolute Gasteiger partial charge is 0.305 e. The number of aliphatic hydroxyl groups excluding tert-OH is 1. The van der Waals surface area contributed by atoms with E-state index in [1.807, 2.05) is 0 Å². The van der Waals surface area contributed by atoms with Gasteiger partial charge in [0.1, 0.15) is 0 Å². The van der Waals surface area contributed by atoms with Gasteiger partial charge in [0.05, 0.1) is 19.8 Å². The molecule has 51 heavy (non-hydrogen) atoms. The third-order valence-electron chi connectivity index (χ3n) is 10.7. The van der Waals surface area contributed by atoms with Crippen molar-refractivity contribution in [2.24, 2.45) is 11.8 Å². The van der Waals surface area contributed by atoms with Crippen molar-refractivity contribution in [1.82, 2.24) is 4.90 Å². The number of nitrogens with zero attached hydrogens (tertiary/aromatic N) is 1. The van der Waals surface area contributed by atoms with E-state index in [1.165, 1.54) is 148 Å². The Morgan fingerprint density at radius 2 is 0.745 bits per heavy atom. The topological polar surface area (TPSA) is 76.1 Å². The van der Waals surface area contributed by atoms with E-state index in [0.29, 0.717) is 44.4 Å². The lowest BCUT2D eigenvalue weighted by Crippen LogP contribution is -2.29. The summed E-state index contributed by atoms with van der Waals surface area (Å²) in [5, 5.41) is 9.59. The molecule has 0 aromatic rings. The average Bonchev–Trinajstić information content (AvgIpc) is 3.13. The van der Waals surface area contributed by atoms with Crippen molar-refractivity contribution in [1.29, 1.82) is 0 Å². The van der Waals surface area contributed by atoms with Crippen LogP contribution in [-0.2, 0) is 19.1 Å². The van der Waals surface area contributed by atoms with Crippen LogP contribution in [0.1, 0.15) is 227 Å². The molecule has 2 unspecified atom stereocenters. The molecule has 2 atom stereocenters. The second kappa shape index (κ2) is 40.1. The summed E-state index contributed by atoms with van der Waals surface area (Å²) < 4.78 is 11.5. The Morgan fingerprint density at radius 1 is 0.431 bits per heavy atom. The van der Waals surface area contributed by atoms with Gasteiger partial charge >= 0.3 is 11.9 Å². The summed E-state index contributed by atoms with van der Waals surface area (Å²) in [6.07, 6.45) is 36.1. The zero-order valence-electron chi connectivity index (χ0n) is 34.8. The largest absolute Gasteiger partial charge is 0.465 e. The number of hydrogen-bond acceptors (Lipinski definition) is 6. The molecule has 304 valence electrons. The molecule has 0 aliphatic heterocycles. The van der Waals surface area contributed by atoms with Crippen molar-refractivity contribution >= 4 is 11.9 Å². The van der Waals surface area contributed by atoms with Gasteiger partial charge in [0.15, 0.2) is 0 Å². The van der Waals surface area contributed by atoms with E-state index in [-0.39, 0.29) is 18.5 Å². The number of carbonyl (C=O) groups is 2. The fraction of sp³-hybridized carbons (Fsp3) is 0.956. The Kier molecular flexibility index (Phi) is 39.2. The quantitative estimate of drug-likeness (QED) is 0.0500. The average molecular weight is 724 g/mol. The Bertz CT molecular complexity index is 731. The molecule has 0 aromatic heterocycles. The van der Waals surface area contributed by atoms with Gasteiger partial charge in [-0.15, -0.1) is 0 Å². The first-order chi connectivity index (χ1) is 25.0. The molecule has 0 bridgehead atoms. The van der Waals surface area contributed by atoms with E-state index < -0.39 is 0 Å². The molecule has 0 radical (unpaired) electrons. The predicted molar refractivity (Wildman–Crippen MR) is 218 cm³/mol. The van der Waals surface area contributed by atoms with Crippen molar-refractivity contribution in [2.45, 2.75) is 227 Å². The highest BCUT2D eigenvalue weighted by Crippen LogP contribution is 2.21. The van der Waals surface area contributed by atoms with Gasteiger partial charge < -0.3 is 19.5 Å². The Labute approximate surface area is 318 Å². The molecular weight excluding hydrogens is 634 g/mol. The normalized spacial score (nSPS) is 12.7. The zero-order chi connectivity index (χ0) is 37.5. The van der Waals surface area contributed by atoms with Gasteiger partial charge in [-0.2, -0.15) is 0 Å². The Balaban J connectivity index is 4.21. The molecule has 0 fully saturated rings. The Hall–Kier alpha value is -1.14. The maximum atomic E-state index is 12.5. The van der Waals surface area contributed by atoms with Crippen LogP contribution in [0.2, 0.25) is 0 Å². The van der Waals surface area contributed by atoms with E-state index in [2.05, 4.69) is 32.6 Å². The molecule has 6 heteroatoms. The number of ether oxygens (including phenoxy) is 2. The maximum absolute atomic E-state index is 12.5. The first-order valence-electron chi connectivity index (χ1n) is 22.6. The summed E-state index contributed by atoms with van der Waals surface area (Å²) in [5.74, 6) is 0.960. The molecular formula is C45H89NO5. The van der Waals surface area contributed by atoms with E-state index >= 15 is 0 Å². The lowest BCUT2D eigenvalue weighted by molar-refractivity contribution is -0.146. The molecule has 0 spiro atoms. The summed E-state index contributed by atoms with van der Waals surface area (Å²) in [7, 11) is 0. The van der Waals surface area contributed by atoms with Gasteiger partial charge in [-0.25, -0.2) is 0 Å². The molecule has 0 aromatic carbocycles. The number of aliphatic hydroxyl groups is 1. The van der Waals surface area contributed by atoms with Gasteiger partial charge in [0, 0.05) is 19.4 Å². The van der Waals surface area contributed by atoms with Crippen LogP contribution >= 0.6 is 0 Å². The van der Waals surface area contributed by atoms with E-state index in [4.69, 9.17) is 9.47 Å². The minimum absolute atomic E-state index is 0.0350. The van der Waals surface area contributed by atoms with Gasteiger partial charge in [0.25, 0.3) is 0 Å². The summed E-state index contributed by atoms with van der Waals surface area (Å²) >= 11 is 0. The van der Waals surface area contributed by atoms with Crippen LogP contribution < -0.4 is 0 Å². The second-order valence-corrected chi connectivity index (χ2v) is 15.7. The molecule has 0 saturated heterocycles. The fourth-order valence-corrected chi connectivity index (χ4v) is 7.20. The van der Waals surface area contributed by atoms with Crippen LogP contribution in [0, 0.1) is 11.8 Å². The lowest BCUT2D eigenvalue weighted by atomic mass is 9.95. The number of rotatable bonds is 41. The number of unbranched alkanes of at least 4 members (excludes halogenated alkanes) is 19. The van der Waals surface area contributed by atoms with Gasteiger partial charge in [-0.3, -0.25) is 9.59 Å². The van der Waals surface area contributed by atoms with E-state index in [0.717, 1.165) is 51.6 Å². The van der Waals surface area contributed by atoms with Crippen molar-refractivity contribution in [3.8, 4) is 0 Å². The second-order valence-electron chi connectivity index (χ2n) is 15.7. The molecule has 0 aliphatic rings. The van der Waals surface area contributed by atoms with Crippen LogP contribution in [0.25, 0.3) is 0 Å². The number of carbonyl (C=O) groups excluding carboxylic acids is 2. The fourth-order valence-electron chi connectivity index (χ4n) is 7.20. The highest BCUT2D eigenvalue weighted by molar-refractivity contribution is 5.69. The van der Waals surface area contributed by atoms with Crippen LogP contribution in [0.3, 0.4) is 0 Å². The first kappa shape index (κ1) is 49.9. The summed E-state index contributed by atoms with van der Waals surface area (Å²) in [6.45, 7) is 12.9. The van der Waals surface area contributed by atoms with E-state index in [1.54, 1.807) is 0 Å². The van der Waals surface area contributed by atoms with Crippen LogP contribution in [0.15, 0.2) is 0 Å². The van der Waals surface area contributed by atoms with Crippen molar-refractivity contribution in [3.63, 3.8) is 0 Å². The van der Waals surface area contributed by atoms with Crippen molar-refractivity contribution < 1.29 is 24.2 Å². The number of esters is 2. The summed E-state index contributed by atoms with van der Waals surface area (Å²) in [4.78, 5) is 27.4. The molecule has 0 amide bonds. The highest BCUT2D eigenvalue weighted by atomic mass is 16.5. The molecule has 0 heterocycles. The predicted octanol–water partition coefficient (Wildman–Crippen LogP) is 12.8. The third kappa shape index (κ3) is 35.6. The molecule has 0 saturated carbocycles. The van der Waals surface area contributed by atoms with Crippen molar-refractivity contribution in [2.75, 3.05) is 39.5 Å². The third-order valence-corrected chi connectivity index (χ3v) is 10.7. The van der Waals surface area contributed by atoms with Crippen LogP contribution in [0.4, 0.5) is 0 Å². The maximum Gasteiger partial charge on any atom is 0.305 e. The zero-order valence-corrected chi connectivity index (χ0v) is 34.8. The van der Waals surface area contributed by atoms with E-state index in [9.17, 15) is 14.7 Å². The first-order valence-corrected chi connectivity index (χ1v) is 22.6. The van der Waals surface area contributed by atoms with Crippen LogP contribution in [-0.4, -0.2) is 61.4 Å². The minimum atomic E-state index is -0.0365. The van der Waals surface area contributed by atoms with Crippen LogP contribution in [0.5, 0.6) is 0 Å². The molecule has 1 N–H and O–H groups in total. The Morgan fingerprint density at radius 3 is 1.10 bits per heavy atom. The summed E-state index contributed by atoms with van der Waals surface area (Å²) in [6, 6.07) is 0.